The van der Waals surface area contributed by atoms with Crippen LogP contribution >= 0.6 is 11.8 Å². The Balaban J connectivity index is 1.52. The first-order chi connectivity index (χ1) is 18.5. The van der Waals surface area contributed by atoms with E-state index < -0.39 is 36.0 Å². The molecular formula is C26H33N5O7S. The lowest BCUT2D eigenvalue weighted by Crippen LogP contribution is -2.63. The third-order valence-corrected chi connectivity index (χ3v) is 8.90. The lowest BCUT2D eigenvalue weighted by molar-refractivity contribution is -0.163. The van der Waals surface area contributed by atoms with Gasteiger partial charge in [0.05, 0.1) is 36.3 Å². The number of nitrogens with zero attached hydrogens (tertiary/aromatic N) is 4. The summed E-state index contributed by atoms with van der Waals surface area (Å²) in [6, 6.07) is -0.602. The molecule has 0 spiro atoms. The Morgan fingerprint density at radius 3 is 2.77 bits per heavy atom. The number of nitrogens with two attached hydrogens (primary N) is 1. The minimum absolute atomic E-state index is 0.0343. The Bertz CT molecular complexity index is 1220. The highest BCUT2D eigenvalue weighted by molar-refractivity contribution is 8.03. The van der Waals surface area contributed by atoms with Crippen molar-refractivity contribution in [2.24, 2.45) is 17.6 Å². The number of aryl methyl sites for hydroxylation is 1. The number of thioether (sulfide) groups is 1. The van der Waals surface area contributed by atoms with Gasteiger partial charge in [-0.2, -0.15) is 0 Å². The number of ether oxygens (including phenoxy) is 1. The van der Waals surface area contributed by atoms with Gasteiger partial charge in [0.2, 0.25) is 11.8 Å². The maximum atomic E-state index is 12.9. The summed E-state index contributed by atoms with van der Waals surface area (Å²) in [5.41, 5.74) is 5.85. The van der Waals surface area contributed by atoms with E-state index in [1.165, 1.54) is 28.8 Å². The molecule has 4 N–H and O–H groups in total. The molecule has 210 valence electrons. The number of carbonyl (C=O) groups is 4. The molecule has 2 fully saturated rings. The summed E-state index contributed by atoms with van der Waals surface area (Å²) in [6.45, 7) is 7.91. The van der Waals surface area contributed by atoms with E-state index in [2.05, 4.69) is 11.6 Å². The van der Waals surface area contributed by atoms with Crippen LogP contribution in [0.1, 0.15) is 32.4 Å². The summed E-state index contributed by atoms with van der Waals surface area (Å²) < 4.78 is 7.17. The number of aliphatic hydroxyl groups excluding tert-OH is 1. The Morgan fingerprint density at radius 2 is 2.13 bits per heavy atom. The standard InChI is InChI=1S/C26H33N5O7S/c1-4-9-38-26(37)30-12-18(10-16(30)7-8-29-13-28-11-17(29)5-6-19(27)33)39-23-14(2)21-20(15(3)32)24(34)31(21)22(23)25(35)36/h4-6,11,13-16,18,20-21,32H,1,7-10,12H2,2-3H3,(H2,27,33)(H,35,36)/b6-5+/t14-,15-,16-,18+,20-,21-/m1/s1. The molecule has 0 unspecified atom stereocenters. The molecule has 3 aliphatic heterocycles. The first-order valence-electron chi connectivity index (χ1n) is 12.7. The van der Waals surface area contributed by atoms with Crippen molar-refractivity contribution in [3.63, 3.8) is 0 Å². The zero-order chi connectivity index (χ0) is 28.4. The third-order valence-electron chi connectivity index (χ3n) is 7.41. The van der Waals surface area contributed by atoms with Crippen molar-refractivity contribution >= 4 is 41.7 Å². The highest BCUT2D eigenvalue weighted by atomic mass is 32.2. The van der Waals surface area contributed by atoms with Crippen molar-refractivity contribution in [3.8, 4) is 0 Å². The Kier molecular flexibility index (Phi) is 8.50. The van der Waals surface area contributed by atoms with Gasteiger partial charge in [-0.05, 0) is 25.8 Å². The molecule has 3 amide bonds. The van der Waals surface area contributed by atoms with Gasteiger partial charge in [0.25, 0.3) is 0 Å². The fraction of sp³-hybridized carbons (Fsp3) is 0.500. The van der Waals surface area contributed by atoms with Crippen LogP contribution in [0.15, 0.2) is 41.9 Å². The van der Waals surface area contributed by atoms with Crippen molar-refractivity contribution < 1.29 is 34.1 Å². The predicted molar refractivity (Wildman–Crippen MR) is 143 cm³/mol. The number of hydrogen-bond acceptors (Lipinski definition) is 8. The number of fused-ring (bicyclic) bond motifs is 1. The quantitative estimate of drug-likeness (QED) is 0.206. The smallest absolute Gasteiger partial charge is 0.410 e. The van der Waals surface area contributed by atoms with Crippen LogP contribution in [0.3, 0.4) is 0 Å². The number of carboxylic acids is 1. The summed E-state index contributed by atoms with van der Waals surface area (Å²) >= 11 is 1.38. The van der Waals surface area contributed by atoms with E-state index in [0.29, 0.717) is 36.5 Å². The maximum absolute atomic E-state index is 12.9. The highest BCUT2D eigenvalue weighted by Gasteiger charge is 2.60. The molecule has 4 rings (SSSR count). The third kappa shape index (κ3) is 5.59. The van der Waals surface area contributed by atoms with Crippen LogP contribution in [0.2, 0.25) is 0 Å². The molecule has 39 heavy (non-hydrogen) atoms. The van der Waals surface area contributed by atoms with Gasteiger partial charge in [-0.25, -0.2) is 14.6 Å². The number of aliphatic hydroxyl groups is 1. The van der Waals surface area contributed by atoms with Crippen LogP contribution in [-0.4, -0.2) is 90.0 Å². The molecular weight excluding hydrogens is 526 g/mol. The van der Waals surface area contributed by atoms with E-state index in [1.54, 1.807) is 30.4 Å². The second kappa shape index (κ2) is 11.7. The van der Waals surface area contributed by atoms with Crippen LogP contribution in [0.4, 0.5) is 4.79 Å². The topological polar surface area (TPSA) is 168 Å². The molecule has 4 heterocycles. The van der Waals surface area contributed by atoms with Gasteiger partial charge in [-0.15, -0.1) is 11.8 Å². The van der Waals surface area contributed by atoms with Gasteiger partial charge < -0.3 is 35.1 Å². The van der Waals surface area contributed by atoms with Gasteiger partial charge in [0, 0.05) is 41.3 Å². The molecule has 2 saturated heterocycles. The van der Waals surface area contributed by atoms with Crippen LogP contribution in [-0.2, 0) is 25.7 Å². The zero-order valence-corrected chi connectivity index (χ0v) is 22.6. The fourth-order valence-corrected chi connectivity index (χ4v) is 7.20. The van der Waals surface area contributed by atoms with E-state index in [0.717, 1.165) is 0 Å². The lowest BCUT2D eigenvalue weighted by atomic mass is 9.79. The maximum Gasteiger partial charge on any atom is 0.410 e. The minimum Gasteiger partial charge on any atom is -0.477 e. The summed E-state index contributed by atoms with van der Waals surface area (Å²) in [6.07, 6.45) is 7.33. The predicted octanol–water partition coefficient (Wildman–Crippen LogP) is 1.42. The number of β-lactam (4-membered cyclic amide) rings is 1. The molecule has 3 aliphatic rings. The van der Waals surface area contributed by atoms with Crippen molar-refractivity contribution in [3.05, 3.63) is 47.6 Å². The molecule has 0 saturated carbocycles. The molecule has 0 aliphatic carbocycles. The number of carbonyl (C=O) groups excluding carboxylic acids is 3. The van der Waals surface area contributed by atoms with Crippen molar-refractivity contribution in [2.75, 3.05) is 13.2 Å². The average molecular weight is 560 g/mol. The van der Waals surface area contributed by atoms with Gasteiger partial charge in [-0.3, -0.25) is 9.59 Å². The number of aromatic nitrogens is 2. The number of rotatable bonds is 11. The summed E-state index contributed by atoms with van der Waals surface area (Å²) in [5.74, 6) is -3.03. The zero-order valence-electron chi connectivity index (χ0n) is 21.8. The monoisotopic (exact) mass is 559 g/mol. The van der Waals surface area contributed by atoms with Gasteiger partial charge in [0.1, 0.15) is 12.3 Å². The molecule has 1 aromatic rings. The summed E-state index contributed by atoms with van der Waals surface area (Å²) in [5, 5.41) is 19.9. The first-order valence-corrected chi connectivity index (χ1v) is 13.6. The first kappa shape index (κ1) is 28.4. The summed E-state index contributed by atoms with van der Waals surface area (Å²) in [7, 11) is 0. The number of imidazole rings is 1. The number of likely N-dealkylation sites (tertiary alicyclic amines) is 1. The van der Waals surface area contributed by atoms with Crippen LogP contribution in [0, 0.1) is 11.8 Å². The fourth-order valence-electron chi connectivity index (χ4n) is 5.64. The highest BCUT2D eigenvalue weighted by Crippen LogP contribution is 2.52. The largest absolute Gasteiger partial charge is 0.477 e. The van der Waals surface area contributed by atoms with Crippen molar-refractivity contribution in [1.29, 1.82) is 0 Å². The molecule has 0 aromatic carbocycles. The molecule has 12 nitrogen and oxygen atoms in total. The lowest BCUT2D eigenvalue weighted by Gasteiger charge is -2.46. The number of primary amides is 1. The number of aliphatic carboxylic acids is 1. The van der Waals surface area contributed by atoms with E-state index in [1.807, 2.05) is 11.5 Å². The molecule has 6 atom stereocenters. The van der Waals surface area contributed by atoms with Crippen LogP contribution < -0.4 is 5.73 Å². The second-order valence-electron chi connectivity index (χ2n) is 9.96. The van der Waals surface area contributed by atoms with Crippen LogP contribution in [0.5, 0.6) is 0 Å². The van der Waals surface area contributed by atoms with E-state index in [4.69, 9.17) is 10.5 Å². The Labute approximate surface area is 230 Å². The van der Waals surface area contributed by atoms with Crippen LogP contribution in [0.25, 0.3) is 6.08 Å². The van der Waals surface area contributed by atoms with E-state index in [9.17, 15) is 29.4 Å². The number of hydrogen-bond donors (Lipinski definition) is 3. The Morgan fingerprint density at radius 1 is 1.38 bits per heavy atom. The normalized spacial score (nSPS) is 27.1. The molecule has 13 heteroatoms. The van der Waals surface area contributed by atoms with Gasteiger partial charge in [0.15, 0.2) is 0 Å². The van der Waals surface area contributed by atoms with Crippen molar-refractivity contribution in [1.82, 2.24) is 19.4 Å². The molecule has 1 aromatic heterocycles. The molecule has 0 bridgehead atoms. The van der Waals surface area contributed by atoms with Gasteiger partial charge >= 0.3 is 12.1 Å². The van der Waals surface area contributed by atoms with Gasteiger partial charge in [-0.1, -0.05) is 19.6 Å². The average Bonchev–Trinajstić information content (AvgIpc) is 3.55. The summed E-state index contributed by atoms with van der Waals surface area (Å²) in [4.78, 5) is 56.5. The second-order valence-corrected chi connectivity index (χ2v) is 11.3. The Hall–Kier alpha value is -3.58. The van der Waals surface area contributed by atoms with Crippen molar-refractivity contribution in [2.45, 2.75) is 56.7 Å². The number of amides is 3. The van der Waals surface area contributed by atoms with E-state index >= 15 is 0 Å². The van der Waals surface area contributed by atoms with E-state index in [-0.39, 0.29) is 35.4 Å². The SMILES string of the molecule is C=CCOC(=O)N1C[C@@H](SC2=C(C(=O)O)N3C(=O)[C@H]([C@@H](C)O)[C@H]3[C@H]2C)C[C@H]1CCn1cncc1/C=C/C(N)=O. The minimum atomic E-state index is -1.18. The molecule has 0 radical (unpaired) electrons. The number of carboxylic acid groups (broad SMARTS) is 1.